The van der Waals surface area contributed by atoms with Crippen LogP contribution in [0.1, 0.15) is 18.4 Å². The molecule has 1 aliphatic carbocycles. The summed E-state index contributed by atoms with van der Waals surface area (Å²) in [5.41, 5.74) is 7.86. The molecule has 4 rings (SSSR count). The zero-order valence-electron chi connectivity index (χ0n) is 10.6. The number of ether oxygens (including phenoxy) is 1. The van der Waals surface area contributed by atoms with E-state index in [1.165, 1.54) is 18.4 Å². The van der Waals surface area contributed by atoms with Gasteiger partial charge in [0.15, 0.2) is 0 Å². The van der Waals surface area contributed by atoms with E-state index in [0.717, 1.165) is 37.7 Å². The van der Waals surface area contributed by atoms with Crippen molar-refractivity contribution in [3.05, 3.63) is 29.8 Å². The fourth-order valence-corrected chi connectivity index (χ4v) is 3.48. The molecule has 0 bridgehead atoms. The van der Waals surface area contributed by atoms with Gasteiger partial charge >= 0.3 is 0 Å². The largest absolute Gasteiger partial charge is 0.488 e. The minimum Gasteiger partial charge on any atom is -0.488 e. The van der Waals surface area contributed by atoms with E-state index in [-0.39, 0.29) is 5.54 Å². The van der Waals surface area contributed by atoms with Crippen LogP contribution in [-0.4, -0.2) is 36.2 Å². The lowest BCUT2D eigenvalue weighted by Crippen LogP contribution is -2.69. The Morgan fingerprint density at radius 1 is 1.28 bits per heavy atom. The molecule has 1 atom stereocenters. The molecule has 3 nitrogen and oxygen atoms in total. The molecule has 0 radical (unpaired) electrons. The second kappa shape index (κ2) is 3.72. The van der Waals surface area contributed by atoms with Crippen molar-refractivity contribution in [1.82, 2.24) is 4.90 Å². The van der Waals surface area contributed by atoms with E-state index in [2.05, 4.69) is 23.1 Å². The van der Waals surface area contributed by atoms with E-state index in [1.807, 2.05) is 6.07 Å². The normalized spacial score (nSPS) is 29.5. The monoisotopic (exact) mass is 244 g/mol. The van der Waals surface area contributed by atoms with E-state index in [4.69, 9.17) is 10.5 Å². The van der Waals surface area contributed by atoms with Crippen molar-refractivity contribution in [2.75, 3.05) is 19.6 Å². The number of nitrogens with two attached hydrogens (primary N) is 1. The van der Waals surface area contributed by atoms with Gasteiger partial charge in [-0.3, -0.25) is 4.90 Å². The molecule has 2 fully saturated rings. The maximum absolute atomic E-state index is 6.37. The van der Waals surface area contributed by atoms with E-state index >= 15 is 0 Å². The van der Waals surface area contributed by atoms with E-state index in [9.17, 15) is 0 Å². The summed E-state index contributed by atoms with van der Waals surface area (Å²) in [6, 6.07) is 8.38. The fraction of sp³-hybridized carbons (Fsp3) is 0.600. The van der Waals surface area contributed by atoms with Gasteiger partial charge in [0.2, 0.25) is 0 Å². The summed E-state index contributed by atoms with van der Waals surface area (Å²) in [6.45, 7) is 3.15. The van der Waals surface area contributed by atoms with Crippen LogP contribution in [0.5, 0.6) is 5.75 Å². The van der Waals surface area contributed by atoms with Gasteiger partial charge in [-0.05, 0) is 30.4 Å². The summed E-state index contributed by atoms with van der Waals surface area (Å²) in [6.07, 6.45) is 4.06. The Morgan fingerprint density at radius 2 is 2.06 bits per heavy atom. The summed E-state index contributed by atoms with van der Waals surface area (Å²) in [5.74, 6) is 1.87. The first-order chi connectivity index (χ1) is 8.73. The second-order valence-electron chi connectivity index (χ2n) is 6.23. The minimum atomic E-state index is 0.130. The third-order valence-corrected chi connectivity index (χ3v) is 4.60. The lowest BCUT2D eigenvalue weighted by atomic mass is 9.85. The van der Waals surface area contributed by atoms with Crippen molar-refractivity contribution >= 4 is 0 Å². The van der Waals surface area contributed by atoms with E-state index in [0.29, 0.717) is 6.10 Å². The van der Waals surface area contributed by atoms with Crippen molar-refractivity contribution < 1.29 is 4.74 Å². The summed E-state index contributed by atoms with van der Waals surface area (Å²) in [4.78, 5) is 2.45. The van der Waals surface area contributed by atoms with Gasteiger partial charge in [0.05, 0.1) is 0 Å². The van der Waals surface area contributed by atoms with Crippen molar-refractivity contribution in [3.8, 4) is 5.75 Å². The molecule has 3 heteroatoms. The lowest BCUT2D eigenvalue weighted by Gasteiger charge is -2.49. The zero-order chi connectivity index (χ0) is 12.2. The predicted octanol–water partition coefficient (Wildman–Crippen LogP) is 1.41. The summed E-state index contributed by atoms with van der Waals surface area (Å²) in [7, 11) is 0. The standard InChI is InChI=1S/C15H20N2O/c16-15(12-5-6-12)9-17(10-15)8-13-7-11-3-1-2-4-14(11)18-13/h1-4,12-13H,5-10,16H2. The SMILES string of the molecule is NC1(C2CC2)CN(CC2Cc3ccccc3O2)C1. The van der Waals surface area contributed by atoms with Crippen LogP contribution in [0.3, 0.4) is 0 Å². The van der Waals surface area contributed by atoms with Gasteiger partial charge in [0.25, 0.3) is 0 Å². The van der Waals surface area contributed by atoms with Gasteiger partial charge in [-0.2, -0.15) is 0 Å². The number of fused-ring (bicyclic) bond motifs is 1. The van der Waals surface area contributed by atoms with Gasteiger partial charge in [0.1, 0.15) is 11.9 Å². The molecule has 1 aromatic rings. The molecule has 2 aliphatic heterocycles. The van der Waals surface area contributed by atoms with Crippen molar-refractivity contribution in [2.24, 2.45) is 11.7 Å². The molecule has 2 heterocycles. The number of benzene rings is 1. The summed E-state index contributed by atoms with van der Waals surface area (Å²) in [5, 5.41) is 0. The molecule has 1 unspecified atom stereocenters. The average molecular weight is 244 g/mol. The summed E-state index contributed by atoms with van der Waals surface area (Å²) >= 11 is 0. The molecule has 1 saturated heterocycles. The average Bonchev–Trinajstić information content (AvgIpc) is 3.08. The fourth-order valence-electron chi connectivity index (χ4n) is 3.48. The van der Waals surface area contributed by atoms with Crippen LogP contribution in [0, 0.1) is 5.92 Å². The first-order valence-corrected chi connectivity index (χ1v) is 6.99. The summed E-state index contributed by atoms with van der Waals surface area (Å²) < 4.78 is 5.98. The molecular weight excluding hydrogens is 224 g/mol. The number of hydrogen-bond acceptors (Lipinski definition) is 3. The molecule has 3 aliphatic rings. The highest BCUT2D eigenvalue weighted by molar-refractivity contribution is 5.37. The molecule has 0 aromatic heterocycles. The van der Waals surface area contributed by atoms with Gasteiger partial charge in [0, 0.05) is 31.6 Å². The van der Waals surface area contributed by atoms with Crippen molar-refractivity contribution in [3.63, 3.8) is 0 Å². The van der Waals surface area contributed by atoms with Crippen LogP contribution >= 0.6 is 0 Å². The highest BCUT2D eigenvalue weighted by atomic mass is 16.5. The smallest absolute Gasteiger partial charge is 0.123 e. The van der Waals surface area contributed by atoms with E-state index in [1.54, 1.807) is 0 Å². The number of likely N-dealkylation sites (tertiary alicyclic amines) is 1. The number of nitrogens with zero attached hydrogens (tertiary/aromatic N) is 1. The Bertz CT molecular complexity index is 438. The molecule has 18 heavy (non-hydrogen) atoms. The minimum absolute atomic E-state index is 0.130. The molecule has 0 spiro atoms. The molecule has 1 aromatic carbocycles. The number of hydrogen-bond donors (Lipinski definition) is 1. The Hall–Kier alpha value is -1.06. The molecule has 1 saturated carbocycles. The van der Waals surface area contributed by atoms with Gasteiger partial charge in [-0.25, -0.2) is 0 Å². The van der Waals surface area contributed by atoms with Crippen LogP contribution in [0.4, 0.5) is 0 Å². The Labute approximate surface area is 108 Å². The Kier molecular flexibility index (Phi) is 2.24. The van der Waals surface area contributed by atoms with Crippen LogP contribution in [0.15, 0.2) is 24.3 Å². The van der Waals surface area contributed by atoms with Crippen LogP contribution in [0.25, 0.3) is 0 Å². The van der Waals surface area contributed by atoms with Crippen LogP contribution < -0.4 is 10.5 Å². The molecule has 2 N–H and O–H groups in total. The van der Waals surface area contributed by atoms with Gasteiger partial charge in [-0.15, -0.1) is 0 Å². The Morgan fingerprint density at radius 3 is 2.78 bits per heavy atom. The first kappa shape index (κ1) is 10.8. The van der Waals surface area contributed by atoms with Crippen molar-refractivity contribution in [1.29, 1.82) is 0 Å². The van der Waals surface area contributed by atoms with Gasteiger partial charge in [-0.1, -0.05) is 18.2 Å². The number of para-hydroxylation sites is 1. The lowest BCUT2D eigenvalue weighted by molar-refractivity contribution is 0.0252. The molecular formula is C15H20N2O. The van der Waals surface area contributed by atoms with Gasteiger partial charge < -0.3 is 10.5 Å². The first-order valence-electron chi connectivity index (χ1n) is 6.99. The van der Waals surface area contributed by atoms with Crippen molar-refractivity contribution in [2.45, 2.75) is 30.9 Å². The zero-order valence-corrected chi connectivity index (χ0v) is 10.6. The molecule has 0 amide bonds. The highest BCUT2D eigenvalue weighted by Crippen LogP contribution is 2.43. The number of rotatable bonds is 3. The van der Waals surface area contributed by atoms with Crippen LogP contribution in [-0.2, 0) is 6.42 Å². The quantitative estimate of drug-likeness (QED) is 0.874. The maximum atomic E-state index is 6.37. The maximum Gasteiger partial charge on any atom is 0.123 e. The second-order valence-corrected chi connectivity index (χ2v) is 6.23. The van der Waals surface area contributed by atoms with Crippen LogP contribution in [0.2, 0.25) is 0 Å². The predicted molar refractivity (Wildman–Crippen MR) is 70.6 cm³/mol. The highest BCUT2D eigenvalue weighted by Gasteiger charge is 2.50. The van der Waals surface area contributed by atoms with E-state index < -0.39 is 0 Å². The Balaban J connectivity index is 1.33. The topological polar surface area (TPSA) is 38.5 Å². The third kappa shape index (κ3) is 1.73. The third-order valence-electron chi connectivity index (χ3n) is 4.60. The molecule has 96 valence electrons.